The highest BCUT2D eigenvalue weighted by Gasteiger charge is 2.27. The number of benzene rings is 1. The summed E-state index contributed by atoms with van der Waals surface area (Å²) in [5, 5.41) is 11.1. The molecule has 0 aliphatic rings. The summed E-state index contributed by atoms with van der Waals surface area (Å²) in [5.74, 6) is -0.634. The lowest BCUT2D eigenvalue weighted by Crippen LogP contribution is -2.20. The maximum atomic E-state index is 13.3. The topological polar surface area (TPSA) is 45.0 Å². The number of nitrogens with one attached hydrogen (secondary N) is 1. The van der Waals surface area contributed by atoms with Crippen LogP contribution in [0, 0.1) is 17.1 Å². The lowest BCUT2D eigenvalue weighted by atomic mass is 10.2. The monoisotopic (exact) mass is 262 g/mol. The molecule has 1 rings (SSSR count). The minimum Gasteiger partial charge on any atom is -0.380 e. The minimum atomic E-state index is -4.36. The maximum absolute atomic E-state index is 13.3. The van der Waals surface area contributed by atoms with Crippen LogP contribution in [0.3, 0.4) is 0 Å². The van der Waals surface area contributed by atoms with Gasteiger partial charge in [-0.2, -0.15) is 18.4 Å². The Morgan fingerprint density at radius 1 is 1.33 bits per heavy atom. The first-order chi connectivity index (χ1) is 8.42. The average Bonchev–Trinajstić information content (AvgIpc) is 2.29. The standard InChI is InChI=1S/C11H10F4N2O/c12-9-5-8(6-16)1-2-10(9)17-3-4-18-7-11(13,14)15/h1-2,5,17H,3-4,7H2. The lowest BCUT2D eigenvalue weighted by molar-refractivity contribution is -0.172. The molecule has 0 spiro atoms. The van der Waals surface area contributed by atoms with Crippen molar-refractivity contribution in [1.29, 1.82) is 5.26 Å². The molecule has 0 aliphatic carbocycles. The van der Waals surface area contributed by atoms with E-state index < -0.39 is 18.6 Å². The second kappa shape index (κ2) is 6.21. The van der Waals surface area contributed by atoms with Gasteiger partial charge < -0.3 is 10.1 Å². The second-order valence-corrected chi connectivity index (χ2v) is 3.40. The fourth-order valence-electron chi connectivity index (χ4n) is 1.17. The molecule has 18 heavy (non-hydrogen) atoms. The van der Waals surface area contributed by atoms with Crippen LogP contribution >= 0.6 is 0 Å². The van der Waals surface area contributed by atoms with E-state index in [1.807, 2.05) is 0 Å². The number of halogens is 4. The number of rotatable bonds is 5. The maximum Gasteiger partial charge on any atom is 0.411 e. The van der Waals surface area contributed by atoms with Crippen LogP contribution in [-0.2, 0) is 4.74 Å². The van der Waals surface area contributed by atoms with Gasteiger partial charge in [0.05, 0.1) is 23.9 Å². The predicted molar refractivity (Wildman–Crippen MR) is 56.5 cm³/mol. The third kappa shape index (κ3) is 5.01. The van der Waals surface area contributed by atoms with Crippen molar-refractivity contribution < 1.29 is 22.3 Å². The van der Waals surface area contributed by atoms with E-state index in [1.165, 1.54) is 12.1 Å². The lowest BCUT2D eigenvalue weighted by Gasteiger charge is -2.09. The highest BCUT2D eigenvalue weighted by Crippen LogP contribution is 2.16. The normalized spacial score (nSPS) is 11.1. The van der Waals surface area contributed by atoms with Crippen LogP contribution in [-0.4, -0.2) is 25.9 Å². The van der Waals surface area contributed by atoms with Crippen LogP contribution in [0.25, 0.3) is 0 Å². The van der Waals surface area contributed by atoms with E-state index in [1.54, 1.807) is 6.07 Å². The third-order valence-electron chi connectivity index (χ3n) is 1.93. The molecule has 0 aliphatic heterocycles. The number of anilines is 1. The van der Waals surface area contributed by atoms with Gasteiger partial charge in [0, 0.05) is 6.54 Å². The van der Waals surface area contributed by atoms with Crippen molar-refractivity contribution in [3.8, 4) is 6.07 Å². The molecular weight excluding hydrogens is 252 g/mol. The number of alkyl halides is 3. The summed E-state index contributed by atoms with van der Waals surface area (Å²) in [6.45, 7) is -1.48. The Balaban J connectivity index is 2.34. The molecule has 0 fully saturated rings. The first-order valence-corrected chi connectivity index (χ1v) is 5.00. The van der Waals surface area contributed by atoms with Gasteiger partial charge in [0.25, 0.3) is 0 Å². The molecule has 1 N–H and O–H groups in total. The molecule has 0 unspecified atom stereocenters. The van der Waals surface area contributed by atoms with Gasteiger partial charge in [0.2, 0.25) is 0 Å². The summed E-state index contributed by atoms with van der Waals surface area (Å²) in [6.07, 6.45) is -4.36. The van der Waals surface area contributed by atoms with Crippen molar-refractivity contribution in [2.24, 2.45) is 0 Å². The second-order valence-electron chi connectivity index (χ2n) is 3.40. The Hall–Kier alpha value is -1.81. The summed E-state index contributed by atoms with van der Waals surface area (Å²) < 4.78 is 52.8. The van der Waals surface area contributed by atoms with E-state index in [4.69, 9.17) is 5.26 Å². The molecule has 1 aromatic carbocycles. The summed E-state index contributed by atoms with van der Waals surface area (Å²) in [4.78, 5) is 0. The Bertz CT molecular complexity index is 440. The van der Waals surface area contributed by atoms with Crippen molar-refractivity contribution in [3.05, 3.63) is 29.6 Å². The van der Waals surface area contributed by atoms with Crippen LogP contribution in [0.4, 0.5) is 23.2 Å². The number of nitrogens with zero attached hydrogens (tertiary/aromatic N) is 1. The van der Waals surface area contributed by atoms with Gasteiger partial charge in [-0.25, -0.2) is 4.39 Å². The molecule has 3 nitrogen and oxygen atoms in total. The van der Waals surface area contributed by atoms with Gasteiger partial charge >= 0.3 is 6.18 Å². The fraction of sp³-hybridized carbons (Fsp3) is 0.364. The summed E-state index contributed by atoms with van der Waals surface area (Å²) >= 11 is 0. The molecule has 0 radical (unpaired) electrons. The molecule has 0 heterocycles. The first kappa shape index (κ1) is 14.3. The van der Waals surface area contributed by atoms with Crippen LogP contribution < -0.4 is 5.32 Å². The van der Waals surface area contributed by atoms with Crippen molar-refractivity contribution in [2.45, 2.75) is 6.18 Å². The molecule has 1 aromatic rings. The molecular formula is C11H10F4N2O. The van der Waals surface area contributed by atoms with Gasteiger partial charge in [-0.15, -0.1) is 0 Å². The van der Waals surface area contributed by atoms with Crippen molar-refractivity contribution in [3.63, 3.8) is 0 Å². The largest absolute Gasteiger partial charge is 0.411 e. The Labute approximate surface area is 101 Å². The molecule has 0 atom stereocenters. The van der Waals surface area contributed by atoms with Gasteiger partial charge in [-0.1, -0.05) is 0 Å². The Morgan fingerprint density at radius 3 is 2.61 bits per heavy atom. The zero-order chi connectivity index (χ0) is 13.6. The molecule has 0 saturated heterocycles. The average molecular weight is 262 g/mol. The van der Waals surface area contributed by atoms with Crippen LogP contribution in [0.15, 0.2) is 18.2 Å². The first-order valence-electron chi connectivity index (χ1n) is 5.00. The molecule has 7 heteroatoms. The quantitative estimate of drug-likeness (QED) is 0.655. The minimum absolute atomic E-state index is 0.0406. The molecule has 0 aromatic heterocycles. The predicted octanol–water partition coefficient (Wildman–Crippen LogP) is 2.69. The highest BCUT2D eigenvalue weighted by atomic mass is 19.4. The number of hydrogen-bond donors (Lipinski definition) is 1. The zero-order valence-corrected chi connectivity index (χ0v) is 9.22. The van der Waals surface area contributed by atoms with Crippen LogP contribution in [0.1, 0.15) is 5.56 Å². The highest BCUT2D eigenvalue weighted by molar-refractivity contribution is 5.48. The van der Waals surface area contributed by atoms with Crippen molar-refractivity contribution in [2.75, 3.05) is 25.1 Å². The molecule has 0 bridgehead atoms. The van der Waals surface area contributed by atoms with E-state index in [9.17, 15) is 17.6 Å². The van der Waals surface area contributed by atoms with Gasteiger partial charge in [0.1, 0.15) is 12.4 Å². The van der Waals surface area contributed by atoms with E-state index in [2.05, 4.69) is 10.1 Å². The molecule has 0 amide bonds. The van der Waals surface area contributed by atoms with Gasteiger partial charge in [0.15, 0.2) is 0 Å². The van der Waals surface area contributed by atoms with E-state index in [0.717, 1.165) is 6.07 Å². The number of ether oxygens (including phenoxy) is 1. The van der Waals surface area contributed by atoms with Gasteiger partial charge in [-0.3, -0.25) is 0 Å². The van der Waals surface area contributed by atoms with Crippen LogP contribution in [0.5, 0.6) is 0 Å². The van der Waals surface area contributed by atoms with E-state index >= 15 is 0 Å². The van der Waals surface area contributed by atoms with E-state index in [-0.39, 0.29) is 24.4 Å². The number of hydrogen-bond acceptors (Lipinski definition) is 3. The summed E-state index contributed by atoms with van der Waals surface area (Å²) in [7, 11) is 0. The van der Waals surface area contributed by atoms with Crippen molar-refractivity contribution >= 4 is 5.69 Å². The van der Waals surface area contributed by atoms with Gasteiger partial charge in [-0.05, 0) is 18.2 Å². The smallest absolute Gasteiger partial charge is 0.380 e. The summed E-state index contributed by atoms with van der Waals surface area (Å²) in [5.41, 5.74) is 0.288. The SMILES string of the molecule is N#Cc1ccc(NCCOCC(F)(F)F)c(F)c1. The van der Waals surface area contributed by atoms with Crippen LogP contribution in [0.2, 0.25) is 0 Å². The summed E-state index contributed by atoms with van der Waals surface area (Å²) in [6, 6.07) is 5.56. The Kier molecular flexibility index (Phi) is 4.92. The zero-order valence-electron chi connectivity index (χ0n) is 9.22. The molecule has 0 saturated carbocycles. The van der Waals surface area contributed by atoms with Crippen molar-refractivity contribution in [1.82, 2.24) is 0 Å². The van der Waals surface area contributed by atoms with E-state index in [0.29, 0.717) is 0 Å². The Morgan fingerprint density at radius 2 is 2.06 bits per heavy atom. The number of nitriles is 1. The fourth-order valence-corrected chi connectivity index (χ4v) is 1.17. The third-order valence-corrected chi connectivity index (χ3v) is 1.93. The molecule has 98 valence electrons.